The van der Waals surface area contributed by atoms with Crippen molar-refractivity contribution in [1.82, 2.24) is 9.80 Å². The quantitative estimate of drug-likeness (QED) is 0.631. The molecule has 0 unspecified atom stereocenters. The average molecular weight is 328 g/mol. The maximum absolute atomic E-state index is 12.7. The number of benzene rings is 1. The molecule has 1 saturated heterocycles. The Hall–Kier alpha value is -2.38. The molecule has 1 aliphatic rings. The molecule has 124 valence electrons. The normalized spacial score (nSPS) is 16.0. The van der Waals surface area contributed by atoms with Crippen LogP contribution in [0.15, 0.2) is 24.3 Å². The largest absolute Gasteiger partial charge is 0.416 e. The van der Waals surface area contributed by atoms with Gasteiger partial charge in [0.05, 0.1) is 12.1 Å². The van der Waals surface area contributed by atoms with Crippen LogP contribution in [0.1, 0.15) is 25.0 Å². The van der Waals surface area contributed by atoms with E-state index < -0.39 is 29.6 Å². The van der Waals surface area contributed by atoms with Gasteiger partial charge in [0.2, 0.25) is 0 Å². The molecule has 2 rings (SSSR count). The molecule has 8 heteroatoms. The van der Waals surface area contributed by atoms with Gasteiger partial charge < -0.3 is 0 Å². The fraction of sp³-hybridized carbons (Fsp3) is 0.400. The smallest absolute Gasteiger partial charge is 0.263 e. The van der Waals surface area contributed by atoms with Crippen LogP contribution in [-0.2, 0) is 22.3 Å². The van der Waals surface area contributed by atoms with Crippen molar-refractivity contribution in [2.75, 3.05) is 6.54 Å². The standard InChI is InChI=1S/C15H15F3N2O3/c1-9(2)7-19-12(21)13(22)20(14(19)23)8-10-4-3-5-11(6-10)15(16,17)18/h3-6,9H,7-8H2,1-2H3. The molecule has 0 N–H and O–H groups in total. The molecule has 1 aromatic rings. The summed E-state index contributed by atoms with van der Waals surface area (Å²) in [7, 11) is 0. The lowest BCUT2D eigenvalue weighted by Gasteiger charge is -2.17. The second-order valence-electron chi connectivity index (χ2n) is 5.68. The maximum Gasteiger partial charge on any atom is 0.416 e. The Morgan fingerprint density at radius 1 is 1.04 bits per heavy atom. The first kappa shape index (κ1) is 17.0. The molecule has 0 atom stereocenters. The van der Waals surface area contributed by atoms with Crippen LogP contribution in [0.2, 0.25) is 0 Å². The van der Waals surface area contributed by atoms with Crippen molar-refractivity contribution >= 4 is 17.8 Å². The lowest BCUT2D eigenvalue weighted by atomic mass is 10.1. The predicted molar refractivity (Wildman–Crippen MR) is 73.9 cm³/mol. The number of nitrogens with zero attached hydrogens (tertiary/aromatic N) is 2. The summed E-state index contributed by atoms with van der Waals surface area (Å²) in [5, 5.41) is 0. The minimum Gasteiger partial charge on any atom is -0.263 e. The van der Waals surface area contributed by atoms with E-state index in [0.717, 1.165) is 17.0 Å². The number of urea groups is 1. The third kappa shape index (κ3) is 3.52. The molecule has 1 aromatic carbocycles. The summed E-state index contributed by atoms with van der Waals surface area (Å²) >= 11 is 0. The number of amides is 4. The molecule has 1 heterocycles. The monoisotopic (exact) mass is 328 g/mol. The number of carbonyl (C=O) groups excluding carboxylic acids is 3. The third-order valence-corrected chi connectivity index (χ3v) is 3.28. The van der Waals surface area contributed by atoms with Crippen molar-refractivity contribution in [3.63, 3.8) is 0 Å². The lowest BCUT2D eigenvalue weighted by molar-refractivity contribution is -0.143. The van der Waals surface area contributed by atoms with E-state index >= 15 is 0 Å². The number of hydrogen-bond donors (Lipinski definition) is 0. The van der Waals surface area contributed by atoms with Crippen LogP contribution in [0, 0.1) is 5.92 Å². The molecule has 5 nitrogen and oxygen atoms in total. The van der Waals surface area contributed by atoms with Crippen molar-refractivity contribution in [1.29, 1.82) is 0 Å². The highest BCUT2D eigenvalue weighted by atomic mass is 19.4. The van der Waals surface area contributed by atoms with E-state index in [4.69, 9.17) is 0 Å². The molecule has 0 spiro atoms. The molecule has 4 amide bonds. The van der Waals surface area contributed by atoms with E-state index in [0.29, 0.717) is 4.90 Å². The third-order valence-electron chi connectivity index (χ3n) is 3.28. The van der Waals surface area contributed by atoms with Crippen molar-refractivity contribution < 1.29 is 27.6 Å². The van der Waals surface area contributed by atoms with Gasteiger partial charge in [-0.2, -0.15) is 13.2 Å². The van der Waals surface area contributed by atoms with Crippen LogP contribution in [0.5, 0.6) is 0 Å². The van der Waals surface area contributed by atoms with Crippen molar-refractivity contribution in [2.24, 2.45) is 5.92 Å². The second-order valence-corrected chi connectivity index (χ2v) is 5.68. The maximum atomic E-state index is 12.7. The topological polar surface area (TPSA) is 57.7 Å². The van der Waals surface area contributed by atoms with Crippen LogP contribution >= 0.6 is 0 Å². The summed E-state index contributed by atoms with van der Waals surface area (Å²) in [4.78, 5) is 37.3. The molecular weight excluding hydrogens is 313 g/mol. The van der Waals surface area contributed by atoms with Crippen LogP contribution in [0.3, 0.4) is 0 Å². The zero-order valence-corrected chi connectivity index (χ0v) is 12.6. The first-order valence-corrected chi connectivity index (χ1v) is 6.94. The molecule has 0 saturated carbocycles. The molecule has 0 aliphatic carbocycles. The van der Waals surface area contributed by atoms with Gasteiger partial charge in [0.1, 0.15) is 0 Å². The predicted octanol–water partition coefficient (Wildman–Crippen LogP) is 2.65. The molecule has 0 radical (unpaired) electrons. The summed E-state index contributed by atoms with van der Waals surface area (Å²) in [5.41, 5.74) is -0.750. The van der Waals surface area contributed by atoms with Gasteiger partial charge in [-0.05, 0) is 23.6 Å². The van der Waals surface area contributed by atoms with Crippen molar-refractivity contribution in [3.8, 4) is 0 Å². The number of imide groups is 2. The van der Waals surface area contributed by atoms with Crippen LogP contribution in [0.4, 0.5) is 18.0 Å². The van der Waals surface area contributed by atoms with Gasteiger partial charge in [-0.3, -0.25) is 19.4 Å². The van der Waals surface area contributed by atoms with Gasteiger partial charge in [0.15, 0.2) is 0 Å². The Morgan fingerprint density at radius 3 is 2.22 bits per heavy atom. The molecule has 0 bridgehead atoms. The first-order valence-electron chi connectivity index (χ1n) is 6.94. The number of carbonyl (C=O) groups is 3. The van der Waals surface area contributed by atoms with Gasteiger partial charge >= 0.3 is 24.0 Å². The highest BCUT2D eigenvalue weighted by Gasteiger charge is 2.44. The van der Waals surface area contributed by atoms with E-state index in [1.54, 1.807) is 13.8 Å². The van der Waals surface area contributed by atoms with Crippen LogP contribution in [0.25, 0.3) is 0 Å². The SMILES string of the molecule is CC(C)CN1C(=O)C(=O)N(Cc2cccc(C(F)(F)F)c2)C1=O. The van der Waals surface area contributed by atoms with Gasteiger partial charge in [0, 0.05) is 6.54 Å². The van der Waals surface area contributed by atoms with Gasteiger partial charge in [-0.1, -0.05) is 26.0 Å². The van der Waals surface area contributed by atoms with E-state index in [1.807, 2.05) is 0 Å². The summed E-state index contributed by atoms with van der Waals surface area (Å²) in [6.07, 6.45) is -4.52. The molecular formula is C15H15F3N2O3. The van der Waals surface area contributed by atoms with Crippen molar-refractivity contribution in [3.05, 3.63) is 35.4 Å². The number of hydrogen-bond acceptors (Lipinski definition) is 3. The molecule has 0 aromatic heterocycles. The van der Waals surface area contributed by atoms with Gasteiger partial charge in [-0.25, -0.2) is 4.79 Å². The van der Waals surface area contributed by atoms with Gasteiger partial charge in [0.25, 0.3) is 0 Å². The highest BCUT2D eigenvalue weighted by Crippen LogP contribution is 2.30. The van der Waals surface area contributed by atoms with E-state index in [-0.39, 0.29) is 24.6 Å². The Labute approximate surface area is 130 Å². The van der Waals surface area contributed by atoms with Crippen LogP contribution < -0.4 is 0 Å². The average Bonchev–Trinajstić information content (AvgIpc) is 2.64. The van der Waals surface area contributed by atoms with Gasteiger partial charge in [-0.15, -0.1) is 0 Å². The minimum atomic E-state index is -4.52. The second kappa shape index (κ2) is 6.02. The van der Waals surface area contributed by atoms with E-state index in [2.05, 4.69) is 0 Å². The minimum absolute atomic E-state index is 0.0239. The Bertz CT molecular complexity index is 656. The number of alkyl halides is 3. The fourth-order valence-corrected chi connectivity index (χ4v) is 2.24. The molecule has 1 fully saturated rings. The molecule has 1 aliphatic heterocycles. The Kier molecular flexibility index (Phi) is 4.44. The zero-order chi connectivity index (χ0) is 17.4. The highest BCUT2D eigenvalue weighted by molar-refractivity contribution is 6.44. The summed E-state index contributed by atoms with van der Waals surface area (Å²) < 4.78 is 38.1. The summed E-state index contributed by atoms with van der Waals surface area (Å²) in [6, 6.07) is 3.51. The first-order chi connectivity index (χ1) is 10.6. The Morgan fingerprint density at radius 2 is 1.65 bits per heavy atom. The lowest BCUT2D eigenvalue weighted by Crippen LogP contribution is -2.35. The number of rotatable bonds is 4. The number of halogens is 3. The fourth-order valence-electron chi connectivity index (χ4n) is 2.24. The zero-order valence-electron chi connectivity index (χ0n) is 12.6. The summed E-state index contributed by atoms with van der Waals surface area (Å²) in [6.45, 7) is 3.27. The van der Waals surface area contributed by atoms with E-state index in [9.17, 15) is 27.6 Å². The van der Waals surface area contributed by atoms with Crippen molar-refractivity contribution in [2.45, 2.75) is 26.6 Å². The van der Waals surface area contributed by atoms with E-state index in [1.165, 1.54) is 12.1 Å². The Balaban J connectivity index is 2.22. The van der Waals surface area contributed by atoms with Crippen LogP contribution in [-0.4, -0.2) is 34.2 Å². The summed E-state index contributed by atoms with van der Waals surface area (Å²) in [5.74, 6) is -1.99. The molecule has 23 heavy (non-hydrogen) atoms.